The third-order valence-electron chi connectivity index (χ3n) is 2.68. The Kier molecular flexibility index (Phi) is 3.52. The normalized spacial score (nSPS) is 10.2. The van der Waals surface area contributed by atoms with Gasteiger partial charge in [-0.1, -0.05) is 47.7 Å². The zero-order valence-corrected chi connectivity index (χ0v) is 11.2. The molecule has 0 amide bonds. The molecule has 5 heteroatoms. The second-order valence-corrected chi connectivity index (χ2v) is 4.91. The van der Waals surface area contributed by atoms with Crippen molar-refractivity contribution in [2.45, 2.75) is 0 Å². The first kappa shape index (κ1) is 12.5. The average Bonchev–Trinajstić information content (AvgIpc) is 2.94. The molecule has 0 spiro atoms. The Morgan fingerprint density at radius 3 is 2.55 bits per heavy atom. The second-order valence-electron chi connectivity index (χ2n) is 3.95. The number of thiazole rings is 1. The Morgan fingerprint density at radius 2 is 1.85 bits per heavy atom. The molecule has 2 aromatic heterocycles. The molecule has 3 aromatic rings. The molecule has 2 heterocycles. The number of carbonyl (C=O) groups excluding carboxylic acids is 1. The number of benzene rings is 1. The van der Waals surface area contributed by atoms with Crippen LogP contribution in [0.5, 0.6) is 5.06 Å². The van der Waals surface area contributed by atoms with E-state index < -0.39 is 0 Å². The van der Waals surface area contributed by atoms with Gasteiger partial charge in [-0.2, -0.15) is 0 Å². The van der Waals surface area contributed by atoms with Crippen molar-refractivity contribution in [1.29, 1.82) is 0 Å². The van der Waals surface area contributed by atoms with Gasteiger partial charge in [0.25, 0.3) is 6.47 Å². The fourth-order valence-corrected chi connectivity index (χ4v) is 2.69. The van der Waals surface area contributed by atoms with Crippen molar-refractivity contribution in [3.63, 3.8) is 0 Å². The number of nitrogens with zero attached hydrogens (tertiary/aromatic N) is 2. The lowest BCUT2D eigenvalue weighted by Gasteiger charge is -1.98. The maximum Gasteiger partial charge on any atom is 0.299 e. The highest BCUT2D eigenvalue weighted by molar-refractivity contribution is 7.17. The monoisotopic (exact) mass is 282 g/mol. The molecule has 0 radical (unpaired) electrons. The maximum absolute atomic E-state index is 10.6. The predicted octanol–water partition coefficient (Wildman–Crippen LogP) is 3.41. The smallest absolute Gasteiger partial charge is 0.299 e. The van der Waals surface area contributed by atoms with Crippen LogP contribution in [-0.4, -0.2) is 16.4 Å². The second kappa shape index (κ2) is 5.63. The van der Waals surface area contributed by atoms with Crippen LogP contribution >= 0.6 is 11.3 Å². The molecule has 0 N–H and O–H groups in total. The van der Waals surface area contributed by atoms with Crippen LogP contribution in [0.1, 0.15) is 0 Å². The third kappa shape index (κ3) is 2.44. The number of carbonyl (C=O) groups is 1. The van der Waals surface area contributed by atoms with Gasteiger partial charge in [0.05, 0.1) is 5.69 Å². The van der Waals surface area contributed by atoms with Gasteiger partial charge in [-0.15, -0.1) is 0 Å². The summed E-state index contributed by atoms with van der Waals surface area (Å²) in [5.74, 6) is 0. The lowest BCUT2D eigenvalue weighted by Crippen LogP contribution is -1.88. The van der Waals surface area contributed by atoms with Gasteiger partial charge < -0.3 is 4.74 Å². The van der Waals surface area contributed by atoms with E-state index >= 15 is 0 Å². The van der Waals surface area contributed by atoms with Gasteiger partial charge >= 0.3 is 0 Å². The van der Waals surface area contributed by atoms with Gasteiger partial charge in [0.1, 0.15) is 10.7 Å². The van der Waals surface area contributed by atoms with E-state index in [0.717, 1.165) is 16.3 Å². The standard InChI is InChI=1S/C15H10N2O2S/c18-10-19-15-13(11-6-2-1-3-7-11)17-14(20-15)12-8-4-5-9-16-12/h1-10H. The molecule has 0 saturated heterocycles. The molecular weight excluding hydrogens is 272 g/mol. The maximum atomic E-state index is 10.6. The SMILES string of the molecule is O=COc1sc(-c2ccccn2)nc1-c1ccccc1. The van der Waals surface area contributed by atoms with E-state index in [4.69, 9.17) is 4.74 Å². The summed E-state index contributed by atoms with van der Waals surface area (Å²) in [4.78, 5) is 19.4. The largest absolute Gasteiger partial charge is 0.415 e. The van der Waals surface area contributed by atoms with Gasteiger partial charge in [0.2, 0.25) is 5.06 Å². The van der Waals surface area contributed by atoms with Crippen molar-refractivity contribution in [3.05, 3.63) is 54.7 Å². The fraction of sp³-hybridized carbons (Fsp3) is 0. The molecule has 98 valence electrons. The first-order valence-corrected chi connectivity index (χ1v) is 6.78. The molecule has 3 rings (SSSR count). The highest BCUT2D eigenvalue weighted by Crippen LogP contribution is 2.38. The van der Waals surface area contributed by atoms with E-state index in [9.17, 15) is 4.79 Å². The van der Waals surface area contributed by atoms with Crippen LogP contribution in [0.2, 0.25) is 0 Å². The summed E-state index contributed by atoms with van der Waals surface area (Å²) in [6, 6.07) is 15.2. The Hall–Kier alpha value is -2.53. The molecule has 0 atom stereocenters. The summed E-state index contributed by atoms with van der Waals surface area (Å²) in [6.07, 6.45) is 1.71. The Bertz CT molecular complexity index is 711. The van der Waals surface area contributed by atoms with E-state index in [-0.39, 0.29) is 0 Å². The molecular formula is C15H10N2O2S. The van der Waals surface area contributed by atoms with Crippen molar-refractivity contribution in [2.75, 3.05) is 0 Å². The van der Waals surface area contributed by atoms with Gasteiger partial charge in [-0.25, -0.2) is 4.98 Å². The summed E-state index contributed by atoms with van der Waals surface area (Å²) in [5, 5.41) is 1.20. The fourth-order valence-electron chi connectivity index (χ4n) is 1.81. The van der Waals surface area contributed by atoms with E-state index in [0.29, 0.717) is 17.2 Å². The predicted molar refractivity (Wildman–Crippen MR) is 77.5 cm³/mol. The molecule has 1 aromatic carbocycles. The summed E-state index contributed by atoms with van der Waals surface area (Å²) in [7, 11) is 0. The molecule has 0 fully saturated rings. The highest BCUT2D eigenvalue weighted by Gasteiger charge is 2.16. The third-order valence-corrected chi connectivity index (χ3v) is 3.65. The molecule has 0 saturated carbocycles. The van der Waals surface area contributed by atoms with Crippen LogP contribution in [0.15, 0.2) is 54.7 Å². The van der Waals surface area contributed by atoms with Crippen molar-refractivity contribution in [2.24, 2.45) is 0 Å². The van der Waals surface area contributed by atoms with Crippen molar-refractivity contribution >= 4 is 17.8 Å². The zero-order valence-electron chi connectivity index (χ0n) is 10.4. The summed E-state index contributed by atoms with van der Waals surface area (Å²) in [6.45, 7) is 0.419. The van der Waals surface area contributed by atoms with Crippen LogP contribution in [0.25, 0.3) is 22.0 Å². The van der Waals surface area contributed by atoms with E-state index in [2.05, 4.69) is 9.97 Å². The summed E-state index contributed by atoms with van der Waals surface area (Å²) < 4.78 is 5.04. The molecule has 4 nitrogen and oxygen atoms in total. The lowest BCUT2D eigenvalue weighted by atomic mass is 10.2. The van der Waals surface area contributed by atoms with Gasteiger partial charge in [0.15, 0.2) is 0 Å². The molecule has 0 unspecified atom stereocenters. The minimum absolute atomic E-state index is 0.419. The first-order chi connectivity index (χ1) is 9.88. The number of rotatable bonds is 4. The topological polar surface area (TPSA) is 52.1 Å². The quantitative estimate of drug-likeness (QED) is 0.688. The number of pyridine rings is 1. The Balaban J connectivity index is 2.10. The minimum Gasteiger partial charge on any atom is -0.415 e. The van der Waals surface area contributed by atoms with Crippen LogP contribution in [0.3, 0.4) is 0 Å². The van der Waals surface area contributed by atoms with Crippen LogP contribution in [-0.2, 0) is 4.79 Å². The molecule has 0 bridgehead atoms. The van der Waals surface area contributed by atoms with Gasteiger partial charge in [0, 0.05) is 11.8 Å². The zero-order chi connectivity index (χ0) is 13.8. The molecule has 20 heavy (non-hydrogen) atoms. The highest BCUT2D eigenvalue weighted by atomic mass is 32.1. The Morgan fingerprint density at radius 1 is 1.05 bits per heavy atom. The van der Waals surface area contributed by atoms with E-state index in [1.807, 2.05) is 48.5 Å². The van der Waals surface area contributed by atoms with Crippen LogP contribution < -0.4 is 4.74 Å². The molecule has 0 aliphatic rings. The molecule has 0 aliphatic carbocycles. The van der Waals surface area contributed by atoms with Crippen molar-refractivity contribution < 1.29 is 9.53 Å². The number of hydrogen-bond acceptors (Lipinski definition) is 5. The van der Waals surface area contributed by atoms with Gasteiger partial charge in [-0.05, 0) is 12.1 Å². The lowest BCUT2D eigenvalue weighted by molar-refractivity contribution is -0.120. The van der Waals surface area contributed by atoms with Crippen LogP contribution in [0.4, 0.5) is 0 Å². The van der Waals surface area contributed by atoms with Gasteiger partial charge in [-0.3, -0.25) is 9.78 Å². The summed E-state index contributed by atoms with van der Waals surface area (Å²) >= 11 is 1.30. The Labute approximate surface area is 119 Å². The summed E-state index contributed by atoms with van der Waals surface area (Å²) in [5.41, 5.74) is 2.32. The number of aromatic nitrogens is 2. The first-order valence-electron chi connectivity index (χ1n) is 5.96. The molecule has 0 aliphatic heterocycles. The van der Waals surface area contributed by atoms with Crippen molar-refractivity contribution in [3.8, 4) is 27.0 Å². The van der Waals surface area contributed by atoms with E-state index in [1.54, 1.807) is 6.20 Å². The number of ether oxygens (including phenoxy) is 1. The van der Waals surface area contributed by atoms with E-state index in [1.165, 1.54) is 11.3 Å². The number of hydrogen-bond donors (Lipinski definition) is 0. The van der Waals surface area contributed by atoms with Crippen LogP contribution in [0, 0.1) is 0 Å². The minimum atomic E-state index is 0.419. The van der Waals surface area contributed by atoms with Crippen molar-refractivity contribution in [1.82, 2.24) is 9.97 Å². The average molecular weight is 282 g/mol.